The molecule has 0 radical (unpaired) electrons. The zero-order valence-electron chi connectivity index (χ0n) is 13.2. The Hall–Kier alpha value is -2.74. The molecule has 0 aliphatic carbocycles. The number of aryl methyl sites for hydroxylation is 1. The molecule has 3 aromatic rings. The molecule has 0 saturated carbocycles. The first-order valence-corrected chi connectivity index (χ1v) is 8.29. The second-order valence-electron chi connectivity index (χ2n) is 5.18. The number of ether oxygens (including phenoxy) is 1. The van der Waals surface area contributed by atoms with Gasteiger partial charge in [0.2, 0.25) is 0 Å². The fourth-order valence-corrected chi connectivity index (χ4v) is 2.87. The van der Waals surface area contributed by atoms with Crippen molar-refractivity contribution in [3.63, 3.8) is 0 Å². The molecule has 24 heavy (non-hydrogen) atoms. The van der Waals surface area contributed by atoms with E-state index in [9.17, 15) is 0 Å². The maximum atomic E-state index is 5.73. The number of nitrogens with zero attached hydrogens (tertiary/aromatic N) is 4. The van der Waals surface area contributed by atoms with Crippen molar-refractivity contribution in [1.82, 2.24) is 19.5 Å². The Morgan fingerprint density at radius 3 is 2.46 bits per heavy atom. The normalized spacial score (nSPS) is 10.7. The predicted molar refractivity (Wildman–Crippen MR) is 94.4 cm³/mol. The molecule has 2 aromatic heterocycles. The Labute approximate surface area is 144 Å². The van der Waals surface area contributed by atoms with Crippen molar-refractivity contribution >= 4 is 23.4 Å². The first-order chi connectivity index (χ1) is 11.6. The van der Waals surface area contributed by atoms with E-state index in [1.807, 2.05) is 42.1 Å². The smallest absolute Gasteiger partial charge is 0.191 e. The van der Waals surface area contributed by atoms with E-state index in [-0.39, 0.29) is 0 Å². The van der Waals surface area contributed by atoms with E-state index < -0.39 is 0 Å². The molecule has 0 saturated heterocycles. The highest BCUT2D eigenvalue weighted by Gasteiger charge is 2.04. The summed E-state index contributed by atoms with van der Waals surface area (Å²) in [5.41, 5.74) is 12.5. The molecule has 0 unspecified atom stereocenters. The van der Waals surface area contributed by atoms with Crippen LogP contribution in [0.4, 0.5) is 11.6 Å². The van der Waals surface area contributed by atoms with Crippen molar-refractivity contribution in [2.45, 2.75) is 17.5 Å². The third kappa shape index (κ3) is 4.17. The Kier molecular flexibility index (Phi) is 4.85. The number of hydrogen-bond donors (Lipinski definition) is 2. The van der Waals surface area contributed by atoms with E-state index in [0.29, 0.717) is 23.4 Å². The van der Waals surface area contributed by atoms with Gasteiger partial charge in [-0.1, -0.05) is 23.9 Å². The summed E-state index contributed by atoms with van der Waals surface area (Å²) in [5, 5.41) is 0.572. The van der Waals surface area contributed by atoms with Gasteiger partial charge in [-0.25, -0.2) is 15.0 Å². The van der Waals surface area contributed by atoms with Crippen molar-refractivity contribution in [2.24, 2.45) is 7.05 Å². The fraction of sp³-hybridized carbons (Fsp3) is 0.188. The number of thioether (sulfide) groups is 1. The maximum Gasteiger partial charge on any atom is 0.191 e. The average Bonchev–Trinajstić information content (AvgIpc) is 2.96. The zero-order chi connectivity index (χ0) is 16.9. The Balaban J connectivity index is 1.55. The second kappa shape index (κ2) is 7.22. The lowest BCUT2D eigenvalue weighted by atomic mass is 10.2. The van der Waals surface area contributed by atoms with Crippen LogP contribution in [0.5, 0.6) is 5.75 Å². The average molecular weight is 342 g/mol. The zero-order valence-corrected chi connectivity index (χ0v) is 14.0. The molecule has 0 bridgehead atoms. The Morgan fingerprint density at radius 2 is 1.83 bits per heavy atom. The largest absolute Gasteiger partial charge is 0.486 e. The molecule has 124 valence electrons. The molecule has 0 amide bonds. The van der Waals surface area contributed by atoms with Crippen LogP contribution in [-0.4, -0.2) is 19.5 Å². The van der Waals surface area contributed by atoms with E-state index >= 15 is 0 Å². The molecule has 0 spiro atoms. The number of aromatic nitrogens is 4. The van der Waals surface area contributed by atoms with E-state index in [4.69, 9.17) is 16.2 Å². The van der Waals surface area contributed by atoms with Crippen molar-refractivity contribution in [3.05, 3.63) is 54.1 Å². The predicted octanol–water partition coefficient (Wildman–Crippen LogP) is 2.25. The summed E-state index contributed by atoms with van der Waals surface area (Å²) in [6.07, 6.45) is 3.65. The molecule has 2 heterocycles. The van der Waals surface area contributed by atoms with Gasteiger partial charge in [-0.2, -0.15) is 0 Å². The number of anilines is 2. The van der Waals surface area contributed by atoms with Gasteiger partial charge in [0.05, 0.1) is 0 Å². The van der Waals surface area contributed by atoms with Crippen molar-refractivity contribution in [3.8, 4) is 5.75 Å². The van der Waals surface area contributed by atoms with E-state index in [1.165, 1.54) is 17.8 Å². The number of imidazole rings is 1. The van der Waals surface area contributed by atoms with Gasteiger partial charge in [0.25, 0.3) is 0 Å². The highest BCUT2D eigenvalue weighted by Crippen LogP contribution is 2.23. The van der Waals surface area contributed by atoms with Crippen LogP contribution in [0.3, 0.4) is 0 Å². The minimum atomic E-state index is 0.378. The second-order valence-corrected chi connectivity index (χ2v) is 6.12. The SMILES string of the molecule is Cn1ccnc1COc1ccc(CSc2nc(N)cc(N)n2)cc1. The fourth-order valence-electron chi connectivity index (χ4n) is 2.04. The van der Waals surface area contributed by atoms with Gasteiger partial charge in [-0.15, -0.1) is 0 Å². The minimum Gasteiger partial charge on any atom is -0.486 e. The number of rotatable bonds is 6. The molecular formula is C16H18N6OS. The molecule has 3 rings (SSSR count). The number of benzene rings is 1. The number of nitrogens with two attached hydrogens (primary N) is 2. The monoisotopic (exact) mass is 342 g/mol. The summed E-state index contributed by atoms with van der Waals surface area (Å²) in [6.45, 7) is 0.438. The lowest BCUT2D eigenvalue weighted by Crippen LogP contribution is -2.02. The van der Waals surface area contributed by atoms with Crippen LogP contribution in [-0.2, 0) is 19.4 Å². The van der Waals surface area contributed by atoms with Crippen LogP contribution in [0.1, 0.15) is 11.4 Å². The maximum absolute atomic E-state index is 5.73. The first kappa shape index (κ1) is 16.1. The Morgan fingerprint density at radius 1 is 1.12 bits per heavy atom. The van der Waals surface area contributed by atoms with Gasteiger partial charge in [-0.3, -0.25) is 0 Å². The van der Waals surface area contributed by atoms with Crippen LogP contribution in [0, 0.1) is 0 Å². The molecule has 0 aliphatic heterocycles. The van der Waals surface area contributed by atoms with E-state index in [1.54, 1.807) is 6.20 Å². The summed E-state index contributed by atoms with van der Waals surface area (Å²) in [6, 6.07) is 9.44. The summed E-state index contributed by atoms with van der Waals surface area (Å²) < 4.78 is 7.67. The molecule has 0 atom stereocenters. The van der Waals surface area contributed by atoms with Crippen molar-refractivity contribution in [1.29, 1.82) is 0 Å². The van der Waals surface area contributed by atoms with Crippen LogP contribution in [0.15, 0.2) is 47.9 Å². The minimum absolute atomic E-state index is 0.378. The lowest BCUT2D eigenvalue weighted by Gasteiger charge is -2.07. The topological polar surface area (TPSA) is 105 Å². The van der Waals surface area contributed by atoms with E-state index in [0.717, 1.165) is 22.9 Å². The van der Waals surface area contributed by atoms with Crippen LogP contribution < -0.4 is 16.2 Å². The van der Waals surface area contributed by atoms with Gasteiger partial charge < -0.3 is 20.8 Å². The van der Waals surface area contributed by atoms with Gasteiger partial charge in [0.15, 0.2) is 5.16 Å². The molecule has 0 fully saturated rings. The van der Waals surface area contributed by atoms with Crippen LogP contribution in [0.25, 0.3) is 0 Å². The highest BCUT2D eigenvalue weighted by atomic mass is 32.2. The summed E-state index contributed by atoms with van der Waals surface area (Å²) >= 11 is 1.48. The van der Waals surface area contributed by atoms with Gasteiger partial charge in [0, 0.05) is 31.3 Å². The van der Waals surface area contributed by atoms with E-state index in [2.05, 4.69) is 15.0 Å². The van der Waals surface area contributed by atoms with Gasteiger partial charge >= 0.3 is 0 Å². The standard InChI is InChI=1S/C16H18N6OS/c1-22-7-6-19-15(22)9-23-12-4-2-11(3-5-12)10-24-16-20-13(17)8-14(18)21-16/h2-8H,9-10H2,1H3,(H4,17,18,20,21). The van der Waals surface area contributed by atoms with Crippen molar-refractivity contribution < 1.29 is 4.74 Å². The molecular weight excluding hydrogens is 324 g/mol. The molecule has 1 aromatic carbocycles. The third-order valence-electron chi connectivity index (χ3n) is 3.33. The Bertz CT molecular complexity index is 797. The summed E-state index contributed by atoms with van der Waals surface area (Å²) in [4.78, 5) is 12.5. The van der Waals surface area contributed by atoms with Crippen molar-refractivity contribution in [2.75, 3.05) is 11.5 Å². The van der Waals surface area contributed by atoms with Gasteiger partial charge in [0.1, 0.15) is 29.8 Å². The number of hydrogen-bond acceptors (Lipinski definition) is 7. The molecule has 0 aliphatic rings. The summed E-state index contributed by atoms with van der Waals surface area (Å²) in [7, 11) is 1.94. The molecule has 8 heteroatoms. The van der Waals surface area contributed by atoms with Crippen LogP contribution in [0.2, 0.25) is 0 Å². The molecule has 4 N–H and O–H groups in total. The summed E-state index contributed by atoms with van der Waals surface area (Å²) in [5.74, 6) is 3.16. The quantitative estimate of drug-likeness (QED) is 0.523. The van der Waals surface area contributed by atoms with Crippen LogP contribution >= 0.6 is 11.8 Å². The number of nitrogen functional groups attached to an aromatic ring is 2. The lowest BCUT2D eigenvalue weighted by molar-refractivity contribution is 0.292. The van der Waals surface area contributed by atoms with Gasteiger partial charge in [-0.05, 0) is 17.7 Å². The third-order valence-corrected chi connectivity index (χ3v) is 4.24. The highest BCUT2D eigenvalue weighted by molar-refractivity contribution is 7.98. The first-order valence-electron chi connectivity index (χ1n) is 7.31. The molecule has 7 nitrogen and oxygen atoms in total.